The molecule has 1 aromatic rings. The SMILES string of the molecule is COc1cccc(CN2C[C@H](C)O[C@]3(CCOC3)C2)n1. The maximum atomic E-state index is 6.14. The molecule has 2 fully saturated rings. The second kappa shape index (κ2) is 5.68. The number of pyridine rings is 1. The molecule has 1 aromatic heterocycles. The van der Waals surface area contributed by atoms with E-state index >= 15 is 0 Å². The Balaban J connectivity index is 1.69. The first-order chi connectivity index (χ1) is 9.69. The fourth-order valence-corrected chi connectivity index (χ4v) is 3.15. The standard InChI is InChI=1S/C15H22N2O3/c1-12-8-17(10-15(20-12)6-7-19-11-15)9-13-4-3-5-14(16-13)18-2/h3-5,12H,6-11H2,1-2H3/t12-,15+/m0/s1. The molecule has 0 radical (unpaired) electrons. The van der Waals surface area contributed by atoms with Crippen LogP contribution in [0.2, 0.25) is 0 Å². The molecule has 1 spiro atoms. The van der Waals surface area contributed by atoms with E-state index in [1.807, 2.05) is 18.2 Å². The fraction of sp³-hybridized carbons (Fsp3) is 0.667. The average Bonchev–Trinajstić information content (AvgIpc) is 2.85. The average molecular weight is 278 g/mol. The fourth-order valence-electron chi connectivity index (χ4n) is 3.15. The van der Waals surface area contributed by atoms with Gasteiger partial charge in [0, 0.05) is 38.7 Å². The predicted molar refractivity (Wildman–Crippen MR) is 74.8 cm³/mol. The summed E-state index contributed by atoms with van der Waals surface area (Å²) >= 11 is 0. The van der Waals surface area contributed by atoms with Crippen molar-refractivity contribution < 1.29 is 14.2 Å². The minimum absolute atomic E-state index is 0.115. The van der Waals surface area contributed by atoms with Gasteiger partial charge in [-0.2, -0.15) is 0 Å². The zero-order valence-electron chi connectivity index (χ0n) is 12.2. The molecule has 2 saturated heterocycles. The second-order valence-electron chi connectivity index (χ2n) is 5.75. The summed E-state index contributed by atoms with van der Waals surface area (Å²) in [5, 5.41) is 0. The van der Waals surface area contributed by atoms with Gasteiger partial charge in [-0.05, 0) is 13.0 Å². The topological polar surface area (TPSA) is 43.8 Å². The summed E-state index contributed by atoms with van der Waals surface area (Å²) in [6.45, 7) is 6.31. The number of aromatic nitrogens is 1. The van der Waals surface area contributed by atoms with Gasteiger partial charge < -0.3 is 14.2 Å². The number of morpholine rings is 1. The summed E-state index contributed by atoms with van der Waals surface area (Å²) in [5.41, 5.74) is 0.920. The first kappa shape index (κ1) is 13.8. The van der Waals surface area contributed by atoms with Crippen molar-refractivity contribution >= 4 is 0 Å². The number of nitrogens with zero attached hydrogens (tertiary/aromatic N) is 2. The highest BCUT2D eigenvalue weighted by Crippen LogP contribution is 2.30. The number of rotatable bonds is 3. The van der Waals surface area contributed by atoms with Crippen molar-refractivity contribution in [2.45, 2.75) is 31.6 Å². The Morgan fingerprint density at radius 3 is 3.15 bits per heavy atom. The van der Waals surface area contributed by atoms with Crippen LogP contribution in [-0.2, 0) is 16.0 Å². The monoisotopic (exact) mass is 278 g/mol. The summed E-state index contributed by atoms with van der Waals surface area (Å²) in [5.74, 6) is 0.669. The summed E-state index contributed by atoms with van der Waals surface area (Å²) in [7, 11) is 1.65. The Morgan fingerprint density at radius 1 is 1.50 bits per heavy atom. The third kappa shape index (κ3) is 2.95. The van der Waals surface area contributed by atoms with Gasteiger partial charge in [-0.1, -0.05) is 6.07 Å². The van der Waals surface area contributed by atoms with Gasteiger partial charge in [0.1, 0.15) is 5.60 Å². The van der Waals surface area contributed by atoms with Crippen molar-refractivity contribution in [3.8, 4) is 5.88 Å². The lowest BCUT2D eigenvalue weighted by molar-refractivity contribution is -0.149. The van der Waals surface area contributed by atoms with Crippen LogP contribution >= 0.6 is 0 Å². The number of hydrogen-bond donors (Lipinski definition) is 0. The molecule has 0 N–H and O–H groups in total. The van der Waals surface area contributed by atoms with Gasteiger partial charge in [0.25, 0.3) is 0 Å². The van der Waals surface area contributed by atoms with Crippen LogP contribution in [0.25, 0.3) is 0 Å². The minimum Gasteiger partial charge on any atom is -0.481 e. The molecule has 2 aliphatic rings. The van der Waals surface area contributed by atoms with E-state index in [-0.39, 0.29) is 11.7 Å². The molecule has 0 amide bonds. The third-order valence-corrected chi connectivity index (χ3v) is 3.92. The van der Waals surface area contributed by atoms with Gasteiger partial charge in [-0.15, -0.1) is 0 Å². The predicted octanol–water partition coefficient (Wildman–Crippen LogP) is 1.47. The summed E-state index contributed by atoms with van der Waals surface area (Å²) in [4.78, 5) is 6.90. The molecule has 0 unspecified atom stereocenters. The highest BCUT2D eigenvalue weighted by molar-refractivity contribution is 5.15. The van der Waals surface area contributed by atoms with Crippen LogP contribution in [0.3, 0.4) is 0 Å². The Morgan fingerprint density at radius 2 is 2.40 bits per heavy atom. The molecule has 20 heavy (non-hydrogen) atoms. The van der Waals surface area contributed by atoms with Gasteiger partial charge in [-0.25, -0.2) is 4.98 Å². The van der Waals surface area contributed by atoms with Crippen LogP contribution in [0, 0.1) is 0 Å². The van der Waals surface area contributed by atoms with Gasteiger partial charge >= 0.3 is 0 Å². The zero-order valence-corrected chi connectivity index (χ0v) is 12.2. The first-order valence-electron chi connectivity index (χ1n) is 7.17. The Bertz CT molecular complexity index is 460. The van der Waals surface area contributed by atoms with E-state index in [0.717, 1.165) is 38.4 Å². The lowest BCUT2D eigenvalue weighted by atomic mass is 9.99. The smallest absolute Gasteiger partial charge is 0.213 e. The van der Waals surface area contributed by atoms with E-state index in [2.05, 4.69) is 16.8 Å². The Hall–Kier alpha value is -1.17. The molecule has 0 aromatic carbocycles. The number of methoxy groups -OCH3 is 1. The van der Waals surface area contributed by atoms with Crippen LogP contribution in [-0.4, -0.2) is 55.0 Å². The van der Waals surface area contributed by atoms with Crippen molar-refractivity contribution in [1.29, 1.82) is 0 Å². The maximum absolute atomic E-state index is 6.14. The van der Waals surface area contributed by atoms with Crippen LogP contribution in [0.4, 0.5) is 0 Å². The van der Waals surface area contributed by atoms with E-state index < -0.39 is 0 Å². The van der Waals surface area contributed by atoms with E-state index in [9.17, 15) is 0 Å². The van der Waals surface area contributed by atoms with Crippen LogP contribution in [0.1, 0.15) is 19.0 Å². The molecule has 0 aliphatic carbocycles. The molecule has 110 valence electrons. The highest BCUT2D eigenvalue weighted by atomic mass is 16.6. The van der Waals surface area contributed by atoms with Gasteiger partial charge in [-0.3, -0.25) is 4.90 Å². The van der Waals surface area contributed by atoms with E-state index in [1.54, 1.807) is 7.11 Å². The lowest BCUT2D eigenvalue weighted by Gasteiger charge is -2.42. The third-order valence-electron chi connectivity index (χ3n) is 3.92. The quantitative estimate of drug-likeness (QED) is 0.837. The van der Waals surface area contributed by atoms with Crippen molar-refractivity contribution in [2.75, 3.05) is 33.4 Å². The summed E-state index contributed by atoms with van der Waals surface area (Å²) in [6.07, 6.45) is 1.22. The minimum atomic E-state index is -0.115. The number of ether oxygens (including phenoxy) is 3. The lowest BCUT2D eigenvalue weighted by Crippen LogP contribution is -2.55. The van der Waals surface area contributed by atoms with Crippen LogP contribution < -0.4 is 4.74 Å². The molecule has 0 saturated carbocycles. The molecule has 2 atom stereocenters. The number of hydrogen-bond acceptors (Lipinski definition) is 5. The Kier molecular flexibility index (Phi) is 3.92. The maximum Gasteiger partial charge on any atom is 0.213 e. The van der Waals surface area contributed by atoms with Crippen LogP contribution in [0.15, 0.2) is 18.2 Å². The summed E-state index contributed by atoms with van der Waals surface area (Å²) in [6, 6.07) is 5.90. The molecular weight excluding hydrogens is 256 g/mol. The molecule has 5 heteroatoms. The first-order valence-corrected chi connectivity index (χ1v) is 7.17. The van der Waals surface area contributed by atoms with Crippen LogP contribution in [0.5, 0.6) is 5.88 Å². The molecule has 0 bridgehead atoms. The molecule has 3 heterocycles. The van der Waals surface area contributed by atoms with E-state index in [1.165, 1.54) is 0 Å². The second-order valence-corrected chi connectivity index (χ2v) is 5.75. The zero-order chi connectivity index (χ0) is 14.0. The van der Waals surface area contributed by atoms with E-state index in [0.29, 0.717) is 12.5 Å². The molecule has 2 aliphatic heterocycles. The van der Waals surface area contributed by atoms with Crippen molar-refractivity contribution in [2.24, 2.45) is 0 Å². The van der Waals surface area contributed by atoms with Gasteiger partial charge in [0.15, 0.2) is 0 Å². The van der Waals surface area contributed by atoms with Gasteiger partial charge in [0.2, 0.25) is 5.88 Å². The van der Waals surface area contributed by atoms with Gasteiger partial charge in [0.05, 0.1) is 25.5 Å². The largest absolute Gasteiger partial charge is 0.481 e. The van der Waals surface area contributed by atoms with E-state index in [4.69, 9.17) is 14.2 Å². The molecule has 3 rings (SSSR count). The van der Waals surface area contributed by atoms with Crippen molar-refractivity contribution in [3.63, 3.8) is 0 Å². The van der Waals surface area contributed by atoms with Crippen molar-refractivity contribution in [1.82, 2.24) is 9.88 Å². The highest BCUT2D eigenvalue weighted by Gasteiger charge is 2.42. The molecule has 5 nitrogen and oxygen atoms in total. The summed E-state index contributed by atoms with van der Waals surface area (Å²) < 4.78 is 16.9. The molecular formula is C15H22N2O3. The van der Waals surface area contributed by atoms with Crippen molar-refractivity contribution in [3.05, 3.63) is 23.9 Å². The Labute approximate surface area is 119 Å². The normalized spacial score (nSPS) is 30.8.